The molecule has 0 aliphatic carbocycles. The van der Waals surface area contributed by atoms with E-state index in [2.05, 4.69) is 19.6 Å². The van der Waals surface area contributed by atoms with Gasteiger partial charge in [-0.15, -0.1) is 0 Å². The highest BCUT2D eigenvalue weighted by Gasteiger charge is 2.40. The van der Waals surface area contributed by atoms with Crippen LogP contribution in [0, 0.1) is 5.82 Å². The third-order valence-electron chi connectivity index (χ3n) is 8.28. The van der Waals surface area contributed by atoms with Crippen molar-refractivity contribution in [3.05, 3.63) is 64.6 Å². The summed E-state index contributed by atoms with van der Waals surface area (Å²) in [5, 5.41) is 6.08. The van der Waals surface area contributed by atoms with E-state index in [4.69, 9.17) is 35.1 Å². The molecule has 14 heteroatoms. The summed E-state index contributed by atoms with van der Waals surface area (Å²) in [7, 11) is -4.94. The molecule has 2 aromatic carbocycles. The summed E-state index contributed by atoms with van der Waals surface area (Å²) in [5.41, 5.74) is 1.05. The number of rotatable bonds is 14. The summed E-state index contributed by atoms with van der Waals surface area (Å²) in [5.74, 6) is -0.349. The van der Waals surface area contributed by atoms with Gasteiger partial charge in [0.15, 0.2) is 0 Å². The molecule has 1 aromatic heterocycles. The summed E-state index contributed by atoms with van der Waals surface area (Å²) in [6.07, 6.45) is 3.13. The lowest BCUT2D eigenvalue weighted by Gasteiger charge is -2.43. The number of carbonyl (C=O) groups excluding carboxylic acids is 1. The maximum absolute atomic E-state index is 14.0. The predicted octanol–water partition coefficient (Wildman–Crippen LogP) is 7.53. The van der Waals surface area contributed by atoms with Crippen LogP contribution in [-0.2, 0) is 40.7 Å². The number of aromatic nitrogens is 2. The van der Waals surface area contributed by atoms with Crippen LogP contribution in [0.15, 0.2) is 42.6 Å². The first kappa shape index (κ1) is 38.3. The van der Waals surface area contributed by atoms with Crippen LogP contribution >= 0.6 is 11.6 Å². The van der Waals surface area contributed by atoms with E-state index in [1.165, 1.54) is 12.1 Å². The van der Waals surface area contributed by atoms with E-state index in [9.17, 15) is 17.6 Å². The highest BCUT2D eigenvalue weighted by molar-refractivity contribution is 7.85. The number of hydrogen-bond donors (Lipinski definition) is 0. The van der Waals surface area contributed by atoms with Crippen LogP contribution in [0.25, 0.3) is 10.9 Å². The lowest BCUT2D eigenvalue weighted by atomic mass is 9.73. The molecule has 10 nitrogen and oxygen atoms in total. The number of fused-ring (bicyclic) bond motifs is 1. The smallest absolute Gasteiger partial charge is 0.410 e. The molecule has 1 fully saturated rings. The first-order valence-corrected chi connectivity index (χ1v) is 22.2. The van der Waals surface area contributed by atoms with Gasteiger partial charge in [-0.3, -0.25) is 4.18 Å². The zero-order valence-corrected chi connectivity index (χ0v) is 31.6. The van der Waals surface area contributed by atoms with E-state index < -0.39 is 35.3 Å². The van der Waals surface area contributed by atoms with Gasteiger partial charge in [0, 0.05) is 61.8 Å². The fraction of sp³-hybridized carbons (Fsp3) is 0.588. The van der Waals surface area contributed by atoms with Crippen molar-refractivity contribution in [1.82, 2.24) is 14.7 Å². The van der Waals surface area contributed by atoms with E-state index in [-0.39, 0.29) is 38.3 Å². The minimum atomic E-state index is -3.69. The molecule has 2 heterocycles. The van der Waals surface area contributed by atoms with Crippen LogP contribution in [0.5, 0.6) is 0 Å². The molecular formula is C34H49ClFN3O7SSi. The Kier molecular flexibility index (Phi) is 12.4. The van der Waals surface area contributed by atoms with Gasteiger partial charge >= 0.3 is 6.09 Å². The van der Waals surface area contributed by atoms with Crippen molar-refractivity contribution in [2.45, 2.75) is 89.6 Å². The summed E-state index contributed by atoms with van der Waals surface area (Å²) in [4.78, 5) is 14.6. The number of benzene rings is 2. The Hall–Kier alpha value is -2.55. The van der Waals surface area contributed by atoms with Gasteiger partial charge in [0.25, 0.3) is 10.1 Å². The molecule has 48 heavy (non-hydrogen) atoms. The summed E-state index contributed by atoms with van der Waals surface area (Å²) >= 11 is 6.61. The van der Waals surface area contributed by atoms with Crippen LogP contribution in [0.2, 0.25) is 30.7 Å². The van der Waals surface area contributed by atoms with Crippen molar-refractivity contribution in [1.29, 1.82) is 0 Å². The molecule has 1 aliphatic rings. The van der Waals surface area contributed by atoms with Crippen molar-refractivity contribution in [2.24, 2.45) is 0 Å². The Bertz CT molecular complexity index is 1650. The van der Waals surface area contributed by atoms with E-state index in [0.717, 1.165) is 23.2 Å². The second-order valence-corrected chi connectivity index (χ2v) is 22.5. The van der Waals surface area contributed by atoms with Crippen LogP contribution in [-0.4, -0.2) is 82.0 Å². The average molecular weight is 726 g/mol. The van der Waals surface area contributed by atoms with E-state index in [1.54, 1.807) is 27.8 Å². The summed E-state index contributed by atoms with van der Waals surface area (Å²) in [6.45, 7) is 14.2. The van der Waals surface area contributed by atoms with Crippen molar-refractivity contribution in [3.63, 3.8) is 0 Å². The second-order valence-electron chi connectivity index (χ2n) is 14.8. The van der Waals surface area contributed by atoms with E-state index in [1.807, 2.05) is 33.0 Å². The normalized spacial score (nSPS) is 16.3. The predicted molar refractivity (Wildman–Crippen MR) is 188 cm³/mol. The molecule has 266 valence electrons. The molecule has 0 spiro atoms. The second kappa shape index (κ2) is 15.6. The maximum Gasteiger partial charge on any atom is 0.410 e. The molecule has 0 radical (unpaired) electrons. The molecule has 1 amide bonds. The van der Waals surface area contributed by atoms with Gasteiger partial charge in [-0.25, -0.2) is 13.9 Å². The van der Waals surface area contributed by atoms with E-state index >= 15 is 0 Å². The van der Waals surface area contributed by atoms with Crippen molar-refractivity contribution >= 4 is 46.8 Å². The molecule has 1 atom stereocenters. The monoisotopic (exact) mass is 725 g/mol. The van der Waals surface area contributed by atoms with Crippen molar-refractivity contribution < 1.29 is 36.0 Å². The van der Waals surface area contributed by atoms with Gasteiger partial charge in [-0.1, -0.05) is 43.4 Å². The van der Waals surface area contributed by atoms with Gasteiger partial charge in [0.05, 0.1) is 31.1 Å². The Labute approximate surface area is 289 Å². The Balaban J connectivity index is 1.62. The lowest BCUT2D eigenvalue weighted by molar-refractivity contribution is -0.0198. The standard InChI is InChI=1S/C34H49ClFN3O7SSi/c1-33(2,3)46-32(40)38-15-13-34(14-16-38,26-8-10-28(36)11-9-26)23-44-30(12-17-45-47(4,41)42)29-21-27(35)20-25-22-39(37-31(25)29)24-43-18-19-48(5,6)7/h8-11,20-22,30H,12-19,23-24H2,1-7H3. The summed E-state index contributed by atoms with van der Waals surface area (Å²) in [6, 6.07) is 11.0. The SMILES string of the molecule is CC(C)(C)OC(=O)N1CCC(COC(CCOS(C)(=O)=O)c2cc(Cl)cc3cn(COCC[Si](C)(C)C)nc23)(c2ccc(F)cc2)CC1. The molecule has 4 rings (SSSR count). The number of hydrogen-bond acceptors (Lipinski definition) is 8. The minimum Gasteiger partial charge on any atom is -0.444 e. The number of halogens is 2. The Morgan fingerprint density at radius 2 is 1.77 bits per heavy atom. The van der Waals surface area contributed by atoms with E-state index in [0.29, 0.717) is 48.6 Å². The number of nitrogens with zero attached hydrogens (tertiary/aromatic N) is 3. The zero-order chi connectivity index (χ0) is 35.3. The van der Waals surface area contributed by atoms with Crippen molar-refractivity contribution in [3.8, 4) is 0 Å². The molecular weight excluding hydrogens is 677 g/mol. The topological polar surface area (TPSA) is 109 Å². The minimum absolute atomic E-state index is 0.117. The number of amides is 1. The maximum atomic E-state index is 14.0. The number of likely N-dealkylation sites (tertiary alicyclic amines) is 1. The van der Waals surface area contributed by atoms with Gasteiger partial charge in [-0.2, -0.15) is 13.5 Å². The van der Waals surface area contributed by atoms with Gasteiger partial charge in [0.1, 0.15) is 18.1 Å². The quantitative estimate of drug-likeness (QED) is 0.0954. The largest absolute Gasteiger partial charge is 0.444 e. The first-order valence-electron chi connectivity index (χ1n) is 16.3. The molecule has 1 saturated heterocycles. The van der Waals surface area contributed by atoms with Crippen LogP contribution in [0.4, 0.5) is 9.18 Å². The lowest BCUT2D eigenvalue weighted by Crippen LogP contribution is -2.48. The Morgan fingerprint density at radius 1 is 1.10 bits per heavy atom. The third-order valence-corrected chi connectivity index (χ3v) is 10.8. The van der Waals surface area contributed by atoms with Gasteiger partial charge in [-0.05, 0) is 69.5 Å². The zero-order valence-electron chi connectivity index (χ0n) is 29.1. The average Bonchev–Trinajstić information content (AvgIpc) is 3.38. The summed E-state index contributed by atoms with van der Waals surface area (Å²) < 4.78 is 62.9. The van der Waals surface area contributed by atoms with Crippen LogP contribution in [0.1, 0.15) is 57.3 Å². The fourth-order valence-corrected chi connectivity index (χ4v) is 7.07. The Morgan fingerprint density at radius 3 is 2.38 bits per heavy atom. The molecule has 1 unspecified atom stereocenters. The van der Waals surface area contributed by atoms with Crippen LogP contribution < -0.4 is 0 Å². The fourth-order valence-electron chi connectivity index (χ4n) is 5.68. The number of piperidine rings is 1. The number of carbonyl (C=O) groups is 1. The number of ether oxygens (including phenoxy) is 3. The van der Waals surface area contributed by atoms with Crippen LogP contribution in [0.3, 0.4) is 0 Å². The molecule has 0 N–H and O–H groups in total. The molecule has 0 bridgehead atoms. The third kappa shape index (κ3) is 11.2. The van der Waals surface area contributed by atoms with Crippen molar-refractivity contribution in [2.75, 3.05) is 39.2 Å². The molecule has 0 saturated carbocycles. The highest BCUT2D eigenvalue weighted by Crippen LogP contribution is 2.39. The van der Waals surface area contributed by atoms with Gasteiger partial charge < -0.3 is 19.1 Å². The first-order chi connectivity index (χ1) is 22.3. The van der Waals surface area contributed by atoms with Gasteiger partial charge in [0.2, 0.25) is 0 Å². The molecule has 1 aliphatic heterocycles. The highest BCUT2D eigenvalue weighted by atomic mass is 35.5. The molecule has 3 aromatic rings.